The smallest absolute Gasteiger partial charge is 0.236 e. The molecule has 7 nitrogen and oxygen atoms in total. The van der Waals surface area contributed by atoms with Crippen LogP contribution in [0.3, 0.4) is 0 Å². The highest BCUT2D eigenvalue weighted by molar-refractivity contribution is 7.15. The van der Waals surface area contributed by atoms with Crippen molar-refractivity contribution in [3.8, 4) is 27.9 Å². The Morgan fingerprint density at radius 2 is 2.00 bits per heavy atom. The first-order chi connectivity index (χ1) is 13.7. The van der Waals surface area contributed by atoms with E-state index in [0.29, 0.717) is 5.95 Å². The van der Waals surface area contributed by atoms with Crippen LogP contribution in [0.4, 0.5) is 11.5 Å². The molecule has 0 spiro atoms. The van der Waals surface area contributed by atoms with Gasteiger partial charge < -0.3 is 14.4 Å². The fourth-order valence-corrected chi connectivity index (χ4v) is 3.96. The first kappa shape index (κ1) is 19.2. The number of halogens is 1. The Morgan fingerprint density at radius 1 is 1.14 bits per heavy atom. The molecule has 0 amide bonds. The summed E-state index contributed by atoms with van der Waals surface area (Å²) in [5.41, 5.74) is 1.93. The summed E-state index contributed by atoms with van der Waals surface area (Å²) >= 11 is 1.72. The zero-order chi connectivity index (χ0) is 19.1. The normalized spacial score (nSPS) is 11.9. The minimum absolute atomic E-state index is 0. The van der Waals surface area contributed by atoms with Crippen LogP contribution in [0.5, 0.6) is 11.5 Å². The number of anilines is 2. The van der Waals surface area contributed by atoms with Crippen LogP contribution in [0.15, 0.2) is 55.2 Å². The SMILES string of the molecule is Cc1ccc(-c2cnc(-n3ccnc3)nc2N(C)c2ccc3c(c2)OCO3)s1.Cl. The van der Waals surface area contributed by atoms with Crippen LogP contribution in [0.1, 0.15) is 4.88 Å². The second-order valence-electron chi connectivity index (χ2n) is 6.38. The Balaban J connectivity index is 0.00000205. The van der Waals surface area contributed by atoms with Crippen LogP contribution >= 0.6 is 23.7 Å². The quantitative estimate of drug-likeness (QED) is 0.473. The number of fused-ring (bicyclic) bond motifs is 1. The lowest BCUT2D eigenvalue weighted by Crippen LogP contribution is -2.14. The number of rotatable bonds is 4. The zero-order valence-corrected chi connectivity index (χ0v) is 17.4. The van der Waals surface area contributed by atoms with Crippen molar-refractivity contribution in [2.24, 2.45) is 0 Å². The monoisotopic (exact) mass is 427 g/mol. The van der Waals surface area contributed by atoms with E-state index in [9.17, 15) is 0 Å². The fourth-order valence-electron chi connectivity index (χ4n) is 3.09. The van der Waals surface area contributed by atoms with Crippen molar-refractivity contribution in [1.82, 2.24) is 19.5 Å². The molecule has 1 aromatic carbocycles. The summed E-state index contributed by atoms with van der Waals surface area (Å²) in [5, 5.41) is 0. The molecule has 0 saturated carbocycles. The third-order valence-corrected chi connectivity index (χ3v) is 5.59. The van der Waals surface area contributed by atoms with Gasteiger partial charge in [0.25, 0.3) is 0 Å². The van der Waals surface area contributed by atoms with Crippen molar-refractivity contribution in [2.45, 2.75) is 6.92 Å². The number of nitrogens with zero attached hydrogens (tertiary/aromatic N) is 5. The molecule has 29 heavy (non-hydrogen) atoms. The highest BCUT2D eigenvalue weighted by Crippen LogP contribution is 2.40. The number of imidazole rings is 1. The largest absolute Gasteiger partial charge is 0.454 e. The number of aryl methyl sites for hydroxylation is 1. The van der Waals surface area contributed by atoms with E-state index in [-0.39, 0.29) is 19.2 Å². The summed E-state index contributed by atoms with van der Waals surface area (Å²) in [4.78, 5) is 17.9. The molecular weight excluding hydrogens is 410 g/mol. The number of hydrogen-bond acceptors (Lipinski definition) is 7. The van der Waals surface area contributed by atoms with Crippen LogP contribution in [0.2, 0.25) is 0 Å². The average Bonchev–Trinajstić information content (AvgIpc) is 3.47. The van der Waals surface area contributed by atoms with Crippen LogP contribution in [-0.2, 0) is 0 Å². The van der Waals surface area contributed by atoms with Gasteiger partial charge in [0.05, 0.1) is 5.56 Å². The second kappa shape index (κ2) is 7.73. The summed E-state index contributed by atoms with van der Waals surface area (Å²) in [5.74, 6) is 2.87. The molecule has 0 N–H and O–H groups in total. The third-order valence-electron chi connectivity index (χ3n) is 4.56. The Morgan fingerprint density at radius 3 is 2.76 bits per heavy atom. The fraction of sp³-hybridized carbons (Fsp3) is 0.150. The number of aromatic nitrogens is 4. The molecule has 0 atom stereocenters. The molecule has 0 aliphatic carbocycles. The zero-order valence-electron chi connectivity index (χ0n) is 15.8. The molecule has 3 aromatic heterocycles. The minimum Gasteiger partial charge on any atom is -0.454 e. The van der Waals surface area contributed by atoms with Crippen LogP contribution < -0.4 is 14.4 Å². The van der Waals surface area contributed by atoms with Crippen LogP contribution in [0, 0.1) is 6.92 Å². The van der Waals surface area contributed by atoms with Crippen molar-refractivity contribution in [3.63, 3.8) is 0 Å². The molecular formula is C20H18ClN5O2S. The van der Waals surface area contributed by atoms with E-state index < -0.39 is 0 Å². The molecule has 148 valence electrons. The van der Waals surface area contributed by atoms with Gasteiger partial charge in [-0.2, -0.15) is 4.98 Å². The third kappa shape index (κ3) is 3.52. The Labute approximate surface area is 178 Å². The van der Waals surface area contributed by atoms with Crippen molar-refractivity contribution in [1.29, 1.82) is 0 Å². The maximum Gasteiger partial charge on any atom is 0.236 e. The van der Waals surface area contributed by atoms with Crippen LogP contribution in [-0.4, -0.2) is 33.4 Å². The highest BCUT2D eigenvalue weighted by atomic mass is 35.5. The molecule has 0 unspecified atom stereocenters. The van der Waals surface area contributed by atoms with E-state index >= 15 is 0 Å². The maximum absolute atomic E-state index is 5.53. The first-order valence-corrected chi connectivity index (χ1v) is 9.56. The van der Waals surface area contributed by atoms with E-state index in [1.807, 2.05) is 42.5 Å². The molecule has 0 radical (unpaired) electrons. The summed E-state index contributed by atoms with van der Waals surface area (Å²) in [6, 6.07) is 10.1. The lowest BCUT2D eigenvalue weighted by molar-refractivity contribution is 0.174. The highest BCUT2D eigenvalue weighted by Gasteiger charge is 2.20. The van der Waals surface area contributed by atoms with Gasteiger partial charge in [-0.15, -0.1) is 23.7 Å². The molecule has 1 aliphatic rings. The van der Waals surface area contributed by atoms with Gasteiger partial charge in [-0.1, -0.05) is 0 Å². The summed E-state index contributed by atoms with van der Waals surface area (Å²) in [7, 11) is 1.99. The summed E-state index contributed by atoms with van der Waals surface area (Å²) in [6.45, 7) is 2.34. The van der Waals surface area contributed by atoms with Crippen molar-refractivity contribution in [2.75, 3.05) is 18.7 Å². The van der Waals surface area contributed by atoms with E-state index in [2.05, 4.69) is 29.0 Å². The predicted molar refractivity (Wildman–Crippen MR) is 115 cm³/mol. The molecule has 9 heteroatoms. The number of ether oxygens (including phenoxy) is 2. The van der Waals surface area contributed by atoms with Gasteiger partial charge in [-0.05, 0) is 31.2 Å². The van der Waals surface area contributed by atoms with Gasteiger partial charge in [0, 0.05) is 47.1 Å². The Kier molecular flexibility index (Phi) is 5.12. The average molecular weight is 428 g/mol. The summed E-state index contributed by atoms with van der Waals surface area (Å²) in [6.07, 6.45) is 7.09. The molecule has 0 bridgehead atoms. The Hall–Kier alpha value is -3.10. The first-order valence-electron chi connectivity index (χ1n) is 8.74. The maximum atomic E-state index is 5.53. The number of benzene rings is 1. The molecule has 4 heterocycles. The van der Waals surface area contributed by atoms with Crippen molar-refractivity contribution >= 4 is 35.2 Å². The van der Waals surface area contributed by atoms with E-state index in [4.69, 9.17) is 14.5 Å². The topological polar surface area (TPSA) is 65.3 Å². The number of hydrogen-bond donors (Lipinski definition) is 0. The molecule has 0 fully saturated rings. The lowest BCUT2D eigenvalue weighted by atomic mass is 10.2. The predicted octanol–water partition coefficient (Wildman–Crippen LogP) is 4.62. The molecule has 4 aromatic rings. The van der Waals surface area contributed by atoms with Gasteiger partial charge in [0.1, 0.15) is 12.1 Å². The van der Waals surface area contributed by atoms with Crippen LogP contribution in [0.25, 0.3) is 16.4 Å². The van der Waals surface area contributed by atoms with Gasteiger partial charge in [0.2, 0.25) is 12.7 Å². The van der Waals surface area contributed by atoms with Gasteiger partial charge >= 0.3 is 0 Å². The minimum atomic E-state index is 0. The van der Waals surface area contributed by atoms with Crippen molar-refractivity contribution < 1.29 is 9.47 Å². The summed E-state index contributed by atoms with van der Waals surface area (Å²) < 4.78 is 12.8. The number of thiophene rings is 1. The van der Waals surface area contributed by atoms with E-state index in [1.54, 1.807) is 28.4 Å². The lowest BCUT2D eigenvalue weighted by Gasteiger charge is -2.21. The van der Waals surface area contributed by atoms with Gasteiger partial charge in [-0.25, -0.2) is 9.97 Å². The second-order valence-corrected chi connectivity index (χ2v) is 7.67. The molecule has 1 aliphatic heterocycles. The van der Waals surface area contributed by atoms with E-state index in [0.717, 1.165) is 33.4 Å². The molecule has 0 saturated heterocycles. The van der Waals surface area contributed by atoms with Gasteiger partial charge in [-0.3, -0.25) is 4.57 Å². The molecule has 5 rings (SSSR count). The van der Waals surface area contributed by atoms with Crippen molar-refractivity contribution in [3.05, 3.63) is 60.1 Å². The van der Waals surface area contributed by atoms with E-state index in [1.165, 1.54) is 4.88 Å². The van der Waals surface area contributed by atoms with Gasteiger partial charge in [0.15, 0.2) is 11.5 Å². The standard InChI is InChI=1S/C20H17N5O2S.ClH/c1-13-3-6-18(28-13)15-10-22-20(25-8-7-21-11-25)23-19(15)24(2)14-4-5-16-17(9-14)27-12-26-16;/h3-11H,12H2,1-2H3;1H. The Bertz CT molecular complexity index is 1150.